The summed E-state index contributed by atoms with van der Waals surface area (Å²) in [5, 5.41) is 10.6. The second-order valence-electron chi connectivity index (χ2n) is 3.52. The van der Waals surface area contributed by atoms with E-state index in [9.17, 15) is 14.4 Å². The van der Waals surface area contributed by atoms with E-state index in [-0.39, 0.29) is 11.6 Å². The highest BCUT2D eigenvalue weighted by molar-refractivity contribution is 6.01. The van der Waals surface area contributed by atoms with Crippen LogP contribution < -0.4 is 5.06 Å². The molecule has 1 aliphatic carbocycles. The molecule has 2 rings (SSSR count). The van der Waals surface area contributed by atoms with Crippen LogP contribution in [0.15, 0.2) is 60.3 Å². The third kappa shape index (κ3) is 2.89. The lowest BCUT2D eigenvalue weighted by Gasteiger charge is -2.13. The van der Waals surface area contributed by atoms with Gasteiger partial charge in [-0.2, -0.15) is 0 Å². The number of anilines is 1. The number of hydrogen-bond donors (Lipinski definition) is 1. The second kappa shape index (κ2) is 4.76. The zero-order valence-corrected chi connectivity index (χ0v) is 8.88. The molecule has 1 aliphatic rings. The molecule has 0 atom stereocenters. The highest BCUT2D eigenvalue weighted by Crippen LogP contribution is 2.15. The van der Waals surface area contributed by atoms with Gasteiger partial charge in [0.1, 0.15) is 5.82 Å². The van der Waals surface area contributed by atoms with Crippen LogP contribution in [0.2, 0.25) is 0 Å². The van der Waals surface area contributed by atoms with Crippen LogP contribution in [0.1, 0.15) is 0 Å². The Hall–Kier alpha value is -2.20. The van der Waals surface area contributed by atoms with Crippen LogP contribution in [-0.4, -0.2) is 11.0 Å². The maximum absolute atomic E-state index is 12.7. The van der Waals surface area contributed by atoms with Crippen molar-refractivity contribution in [3.63, 3.8) is 0 Å². The molecule has 0 fully saturated rings. The maximum Gasteiger partial charge on any atom is 0.178 e. The van der Waals surface area contributed by atoms with E-state index in [1.165, 1.54) is 42.6 Å². The topological polar surface area (TPSA) is 40.5 Å². The molecule has 3 nitrogen and oxygen atoms in total. The van der Waals surface area contributed by atoms with Crippen molar-refractivity contribution in [1.29, 1.82) is 0 Å². The monoisotopic (exact) mass is 231 g/mol. The van der Waals surface area contributed by atoms with Crippen molar-refractivity contribution in [2.75, 3.05) is 5.06 Å². The van der Waals surface area contributed by atoms with Crippen molar-refractivity contribution < 1.29 is 14.4 Å². The van der Waals surface area contributed by atoms with E-state index in [1.807, 2.05) is 0 Å². The van der Waals surface area contributed by atoms with Gasteiger partial charge in [-0.25, -0.2) is 9.45 Å². The summed E-state index contributed by atoms with van der Waals surface area (Å²) in [6.45, 7) is 0. The number of nitrogens with zero attached hydrogens (tertiary/aromatic N) is 1. The van der Waals surface area contributed by atoms with Gasteiger partial charge in [-0.05, 0) is 54.1 Å². The molecule has 0 radical (unpaired) electrons. The molecule has 0 saturated heterocycles. The molecule has 0 heterocycles. The minimum absolute atomic E-state index is 0.0894. The van der Waals surface area contributed by atoms with E-state index in [0.29, 0.717) is 11.3 Å². The number of allylic oxidation sites excluding steroid dienone is 5. The number of rotatable bonds is 2. The van der Waals surface area contributed by atoms with Gasteiger partial charge < -0.3 is 0 Å². The summed E-state index contributed by atoms with van der Waals surface area (Å²) in [5.41, 5.74) is 1.12. The van der Waals surface area contributed by atoms with Gasteiger partial charge in [0.15, 0.2) is 5.78 Å². The lowest BCUT2D eigenvalue weighted by atomic mass is 10.1. The van der Waals surface area contributed by atoms with E-state index >= 15 is 0 Å². The number of hydrogen-bond acceptors (Lipinski definition) is 3. The molecule has 17 heavy (non-hydrogen) atoms. The Balaban J connectivity index is 2.16. The zero-order chi connectivity index (χ0) is 12.3. The van der Waals surface area contributed by atoms with Crippen LogP contribution in [0.25, 0.3) is 0 Å². The number of halogens is 1. The fourth-order valence-electron chi connectivity index (χ4n) is 1.36. The lowest BCUT2D eigenvalue weighted by Crippen LogP contribution is -2.10. The van der Waals surface area contributed by atoms with Crippen LogP contribution in [0.5, 0.6) is 0 Å². The van der Waals surface area contributed by atoms with Crippen molar-refractivity contribution in [3.8, 4) is 0 Å². The predicted molar refractivity (Wildman–Crippen MR) is 62.0 cm³/mol. The first-order chi connectivity index (χ1) is 8.15. The number of hydroxylamine groups is 1. The van der Waals surface area contributed by atoms with Crippen molar-refractivity contribution in [3.05, 3.63) is 66.2 Å². The Morgan fingerprint density at radius 2 is 1.65 bits per heavy atom. The number of carbonyl (C=O) groups is 1. The van der Waals surface area contributed by atoms with Gasteiger partial charge in [0.2, 0.25) is 0 Å². The number of ketones is 1. The van der Waals surface area contributed by atoms with Gasteiger partial charge in [0.05, 0.1) is 5.69 Å². The minimum Gasteiger partial charge on any atom is -0.290 e. The lowest BCUT2D eigenvalue weighted by molar-refractivity contribution is -0.110. The SMILES string of the molecule is O=C1C=CC(=CN(O)c2ccc(F)cc2)C=C1. The summed E-state index contributed by atoms with van der Waals surface area (Å²) in [5.74, 6) is -0.453. The Bertz CT molecular complexity index is 497. The molecule has 86 valence electrons. The van der Waals surface area contributed by atoms with E-state index in [1.54, 1.807) is 12.2 Å². The Kier molecular flexibility index (Phi) is 3.16. The molecule has 0 amide bonds. The Morgan fingerprint density at radius 3 is 2.24 bits per heavy atom. The molecule has 0 aromatic heterocycles. The standard InChI is InChI=1S/C13H10FNO2/c14-11-3-5-12(6-4-11)15(17)9-10-1-7-13(16)8-2-10/h1-9,17H. The van der Waals surface area contributed by atoms with E-state index < -0.39 is 0 Å². The molecular weight excluding hydrogens is 221 g/mol. The number of benzene rings is 1. The molecule has 0 spiro atoms. The molecule has 1 aromatic rings. The van der Waals surface area contributed by atoms with Gasteiger partial charge in [0.25, 0.3) is 0 Å². The largest absolute Gasteiger partial charge is 0.290 e. The Labute approximate surface area is 97.7 Å². The van der Waals surface area contributed by atoms with Crippen LogP contribution >= 0.6 is 0 Å². The minimum atomic E-state index is -0.363. The van der Waals surface area contributed by atoms with Crippen molar-refractivity contribution >= 4 is 11.5 Å². The first-order valence-corrected chi connectivity index (χ1v) is 5.01. The average molecular weight is 231 g/mol. The summed E-state index contributed by atoms with van der Waals surface area (Å²) in [6.07, 6.45) is 7.44. The molecule has 1 aromatic carbocycles. The highest BCUT2D eigenvalue weighted by Gasteiger charge is 2.03. The average Bonchev–Trinajstić information content (AvgIpc) is 2.33. The van der Waals surface area contributed by atoms with Crippen LogP contribution in [-0.2, 0) is 4.79 Å². The smallest absolute Gasteiger partial charge is 0.178 e. The summed E-state index contributed by atoms with van der Waals surface area (Å²) in [7, 11) is 0. The molecule has 1 N–H and O–H groups in total. The fourth-order valence-corrected chi connectivity index (χ4v) is 1.36. The summed E-state index contributed by atoms with van der Waals surface area (Å²) in [6, 6.07) is 5.42. The molecular formula is C13H10FNO2. The van der Waals surface area contributed by atoms with E-state index in [2.05, 4.69) is 0 Å². The third-order valence-electron chi connectivity index (χ3n) is 2.24. The fraction of sp³-hybridized carbons (Fsp3) is 0. The van der Waals surface area contributed by atoms with Gasteiger partial charge >= 0.3 is 0 Å². The van der Waals surface area contributed by atoms with Crippen LogP contribution in [0.4, 0.5) is 10.1 Å². The van der Waals surface area contributed by atoms with Gasteiger partial charge in [-0.1, -0.05) is 0 Å². The van der Waals surface area contributed by atoms with E-state index in [0.717, 1.165) is 5.06 Å². The maximum atomic E-state index is 12.7. The molecule has 0 aliphatic heterocycles. The van der Waals surface area contributed by atoms with Crippen molar-refractivity contribution in [2.24, 2.45) is 0 Å². The molecule has 0 saturated carbocycles. The van der Waals surface area contributed by atoms with Gasteiger partial charge in [-0.3, -0.25) is 10.0 Å². The quantitative estimate of drug-likeness (QED) is 0.795. The molecule has 4 heteroatoms. The summed E-state index contributed by atoms with van der Waals surface area (Å²) >= 11 is 0. The normalized spacial score (nSPS) is 14.0. The summed E-state index contributed by atoms with van der Waals surface area (Å²) < 4.78 is 12.7. The third-order valence-corrected chi connectivity index (χ3v) is 2.24. The first kappa shape index (κ1) is 11.3. The molecule has 0 bridgehead atoms. The van der Waals surface area contributed by atoms with Gasteiger partial charge in [0, 0.05) is 6.20 Å². The number of carbonyl (C=O) groups excluding carboxylic acids is 1. The predicted octanol–water partition coefficient (Wildman–Crippen LogP) is 2.60. The first-order valence-electron chi connectivity index (χ1n) is 5.01. The summed E-state index contributed by atoms with van der Waals surface area (Å²) in [4.78, 5) is 10.9. The zero-order valence-electron chi connectivity index (χ0n) is 8.88. The Morgan fingerprint density at radius 1 is 1.06 bits per heavy atom. The molecule has 0 unspecified atom stereocenters. The van der Waals surface area contributed by atoms with Crippen molar-refractivity contribution in [2.45, 2.75) is 0 Å². The highest BCUT2D eigenvalue weighted by atomic mass is 19.1. The van der Waals surface area contributed by atoms with Crippen molar-refractivity contribution in [1.82, 2.24) is 0 Å². The van der Waals surface area contributed by atoms with E-state index in [4.69, 9.17) is 0 Å². The van der Waals surface area contributed by atoms with Gasteiger partial charge in [-0.15, -0.1) is 0 Å². The van der Waals surface area contributed by atoms with Crippen LogP contribution in [0.3, 0.4) is 0 Å². The van der Waals surface area contributed by atoms with Crippen LogP contribution in [0, 0.1) is 5.82 Å². The second-order valence-corrected chi connectivity index (χ2v) is 3.52.